The molecule has 2 aromatic heterocycles. The first-order chi connectivity index (χ1) is 9.76. The van der Waals surface area contributed by atoms with Crippen LogP contribution in [0.1, 0.15) is 0 Å². The third-order valence-electron chi connectivity index (χ3n) is 2.82. The molecule has 0 saturated carbocycles. The molecule has 0 saturated heterocycles. The van der Waals surface area contributed by atoms with Crippen molar-refractivity contribution in [2.45, 2.75) is 0 Å². The number of fused-ring (bicyclic) bond motifs is 1. The van der Waals surface area contributed by atoms with Crippen molar-refractivity contribution in [3.63, 3.8) is 0 Å². The summed E-state index contributed by atoms with van der Waals surface area (Å²) >= 11 is 3.39. The lowest BCUT2D eigenvalue weighted by Crippen LogP contribution is -2.10. The zero-order chi connectivity index (χ0) is 13.9. The van der Waals surface area contributed by atoms with Crippen LogP contribution in [0.15, 0.2) is 41.0 Å². The van der Waals surface area contributed by atoms with Crippen LogP contribution in [0.2, 0.25) is 0 Å². The van der Waals surface area contributed by atoms with E-state index in [1.807, 2.05) is 30.3 Å². The van der Waals surface area contributed by atoms with Gasteiger partial charge in [0.2, 0.25) is 0 Å². The number of aromatic nitrogens is 3. The summed E-state index contributed by atoms with van der Waals surface area (Å²) in [6.45, 7) is 1.02. The summed E-state index contributed by atoms with van der Waals surface area (Å²) < 4.78 is 6.37. The van der Waals surface area contributed by atoms with Crippen molar-refractivity contribution in [1.82, 2.24) is 15.0 Å². The fourth-order valence-corrected chi connectivity index (χ4v) is 2.23. The Morgan fingerprint density at radius 1 is 1.25 bits per heavy atom. The van der Waals surface area contributed by atoms with Gasteiger partial charge in [-0.05, 0) is 46.3 Å². The highest BCUT2D eigenvalue weighted by Crippen LogP contribution is 2.23. The van der Waals surface area contributed by atoms with E-state index in [9.17, 15) is 0 Å². The number of pyridine rings is 1. The first-order valence-electron chi connectivity index (χ1n) is 6.21. The molecule has 3 N–H and O–H groups in total. The summed E-state index contributed by atoms with van der Waals surface area (Å²) in [7, 11) is 0. The van der Waals surface area contributed by atoms with Gasteiger partial charge in [0.1, 0.15) is 18.2 Å². The zero-order valence-electron chi connectivity index (χ0n) is 10.6. The highest BCUT2D eigenvalue weighted by Gasteiger charge is 2.06. The molecule has 1 aromatic carbocycles. The number of nitrogens with zero attached hydrogens (tertiary/aromatic N) is 2. The van der Waals surface area contributed by atoms with Crippen LogP contribution in [0.4, 0.5) is 0 Å². The van der Waals surface area contributed by atoms with E-state index in [4.69, 9.17) is 10.5 Å². The van der Waals surface area contributed by atoms with Gasteiger partial charge in [0.05, 0.1) is 5.52 Å². The maximum Gasteiger partial charge on any atom is 0.178 e. The molecule has 102 valence electrons. The molecule has 20 heavy (non-hydrogen) atoms. The van der Waals surface area contributed by atoms with E-state index in [0.717, 1.165) is 27.1 Å². The first kappa shape index (κ1) is 13.1. The highest BCUT2D eigenvalue weighted by molar-refractivity contribution is 9.10. The van der Waals surface area contributed by atoms with Gasteiger partial charge in [0.25, 0.3) is 0 Å². The summed E-state index contributed by atoms with van der Waals surface area (Å²) in [6, 6.07) is 9.68. The maximum atomic E-state index is 5.45. The molecule has 0 amide bonds. The zero-order valence-corrected chi connectivity index (χ0v) is 12.2. The van der Waals surface area contributed by atoms with Crippen molar-refractivity contribution in [2.75, 3.05) is 13.2 Å². The molecule has 0 aliphatic heterocycles. The van der Waals surface area contributed by atoms with E-state index in [1.54, 1.807) is 6.20 Å². The molecular weight excluding hydrogens is 320 g/mol. The Labute approximate surface area is 124 Å². The lowest BCUT2D eigenvalue weighted by Gasteiger charge is -2.04. The Morgan fingerprint density at radius 3 is 2.80 bits per heavy atom. The fourth-order valence-electron chi connectivity index (χ4n) is 1.90. The van der Waals surface area contributed by atoms with Crippen LogP contribution in [-0.4, -0.2) is 28.1 Å². The molecule has 3 rings (SSSR count). The van der Waals surface area contributed by atoms with Gasteiger partial charge >= 0.3 is 0 Å². The third kappa shape index (κ3) is 2.66. The van der Waals surface area contributed by atoms with Crippen molar-refractivity contribution in [2.24, 2.45) is 5.73 Å². The van der Waals surface area contributed by atoms with Gasteiger partial charge in [-0.15, -0.1) is 0 Å². The molecule has 3 aromatic rings. The molecule has 0 aliphatic rings. The van der Waals surface area contributed by atoms with E-state index in [1.165, 1.54) is 0 Å². The summed E-state index contributed by atoms with van der Waals surface area (Å²) in [6.07, 6.45) is 1.73. The van der Waals surface area contributed by atoms with E-state index < -0.39 is 0 Å². The number of hydrogen-bond acceptors (Lipinski definition) is 4. The van der Waals surface area contributed by atoms with Crippen molar-refractivity contribution in [1.29, 1.82) is 0 Å². The summed E-state index contributed by atoms with van der Waals surface area (Å²) in [5.41, 5.74) is 7.99. The SMILES string of the molecule is NCCOc1ccc(-c2nc3ncc(Br)cc3[nH]2)cc1. The topological polar surface area (TPSA) is 76.8 Å². The number of imidazole rings is 1. The Bertz CT molecular complexity index is 724. The number of nitrogens with two attached hydrogens (primary N) is 1. The van der Waals surface area contributed by atoms with E-state index in [2.05, 4.69) is 30.9 Å². The van der Waals surface area contributed by atoms with Crippen LogP contribution in [0.5, 0.6) is 5.75 Å². The summed E-state index contributed by atoms with van der Waals surface area (Å²) in [5, 5.41) is 0. The predicted octanol–water partition coefficient (Wildman–Crippen LogP) is 2.72. The second kappa shape index (κ2) is 5.60. The minimum absolute atomic E-state index is 0.506. The van der Waals surface area contributed by atoms with Gasteiger partial charge in [0.15, 0.2) is 5.65 Å². The molecule has 0 bridgehead atoms. The number of rotatable bonds is 4. The Kier molecular flexibility index (Phi) is 3.66. The number of aromatic amines is 1. The monoisotopic (exact) mass is 332 g/mol. The molecule has 0 unspecified atom stereocenters. The standard InChI is InChI=1S/C14H13BrN4O/c15-10-7-12-14(17-8-10)19-13(18-12)9-1-3-11(4-2-9)20-6-5-16/h1-4,7-8H,5-6,16H2,(H,17,18,19). The van der Waals surface area contributed by atoms with Gasteiger partial charge in [-0.1, -0.05) is 0 Å². The van der Waals surface area contributed by atoms with Gasteiger partial charge in [-0.3, -0.25) is 0 Å². The van der Waals surface area contributed by atoms with Crippen molar-refractivity contribution in [3.05, 3.63) is 41.0 Å². The van der Waals surface area contributed by atoms with Gasteiger partial charge in [-0.25, -0.2) is 9.97 Å². The molecule has 2 heterocycles. The van der Waals surface area contributed by atoms with Crippen molar-refractivity contribution in [3.8, 4) is 17.1 Å². The molecule has 0 fully saturated rings. The van der Waals surface area contributed by atoms with E-state index >= 15 is 0 Å². The lowest BCUT2D eigenvalue weighted by atomic mass is 10.2. The average molecular weight is 333 g/mol. The largest absolute Gasteiger partial charge is 0.492 e. The second-order valence-electron chi connectivity index (χ2n) is 4.27. The van der Waals surface area contributed by atoms with Gasteiger partial charge < -0.3 is 15.5 Å². The van der Waals surface area contributed by atoms with Crippen LogP contribution in [0.25, 0.3) is 22.6 Å². The number of H-pyrrole nitrogens is 1. The number of benzene rings is 1. The molecule has 0 aliphatic carbocycles. The molecule has 0 spiro atoms. The second-order valence-corrected chi connectivity index (χ2v) is 5.19. The van der Waals surface area contributed by atoms with Crippen molar-refractivity contribution >= 4 is 27.1 Å². The Morgan fingerprint density at radius 2 is 2.05 bits per heavy atom. The average Bonchev–Trinajstić information content (AvgIpc) is 2.88. The minimum atomic E-state index is 0.506. The molecule has 0 radical (unpaired) electrons. The number of nitrogens with one attached hydrogen (secondary N) is 1. The van der Waals surface area contributed by atoms with Gasteiger partial charge in [0, 0.05) is 22.8 Å². The molecule has 5 nitrogen and oxygen atoms in total. The Balaban J connectivity index is 1.90. The molecule has 0 atom stereocenters. The van der Waals surface area contributed by atoms with Gasteiger partial charge in [-0.2, -0.15) is 0 Å². The molecular formula is C14H13BrN4O. The predicted molar refractivity (Wildman–Crippen MR) is 81.6 cm³/mol. The summed E-state index contributed by atoms with van der Waals surface area (Å²) in [4.78, 5) is 12.0. The quantitative estimate of drug-likeness (QED) is 0.770. The summed E-state index contributed by atoms with van der Waals surface area (Å²) in [5.74, 6) is 1.59. The van der Waals surface area contributed by atoms with Crippen LogP contribution in [0, 0.1) is 0 Å². The maximum absolute atomic E-state index is 5.45. The first-order valence-corrected chi connectivity index (χ1v) is 7.00. The number of halogens is 1. The van der Waals surface area contributed by atoms with Crippen LogP contribution >= 0.6 is 15.9 Å². The normalized spacial score (nSPS) is 10.9. The van der Waals surface area contributed by atoms with Crippen LogP contribution in [0.3, 0.4) is 0 Å². The minimum Gasteiger partial charge on any atom is -0.492 e. The third-order valence-corrected chi connectivity index (χ3v) is 3.25. The van der Waals surface area contributed by atoms with Crippen LogP contribution in [-0.2, 0) is 0 Å². The van der Waals surface area contributed by atoms with Crippen LogP contribution < -0.4 is 10.5 Å². The molecule has 6 heteroatoms. The lowest BCUT2D eigenvalue weighted by molar-refractivity contribution is 0.328. The van der Waals surface area contributed by atoms with E-state index in [0.29, 0.717) is 18.8 Å². The van der Waals surface area contributed by atoms with Crippen molar-refractivity contribution < 1.29 is 4.74 Å². The fraction of sp³-hybridized carbons (Fsp3) is 0.143. The van der Waals surface area contributed by atoms with E-state index in [-0.39, 0.29) is 0 Å². The number of ether oxygens (including phenoxy) is 1. The highest BCUT2D eigenvalue weighted by atomic mass is 79.9. The Hall–Kier alpha value is -1.92. The number of hydrogen-bond donors (Lipinski definition) is 2. The smallest absolute Gasteiger partial charge is 0.178 e.